The van der Waals surface area contributed by atoms with E-state index in [2.05, 4.69) is 5.32 Å². The second-order valence-electron chi connectivity index (χ2n) is 5.46. The molecule has 130 valence electrons. The highest BCUT2D eigenvalue weighted by molar-refractivity contribution is 7.10. The van der Waals surface area contributed by atoms with Crippen LogP contribution in [-0.4, -0.2) is 38.2 Å². The molecule has 3 rings (SSSR count). The summed E-state index contributed by atoms with van der Waals surface area (Å²) in [5.74, 6) is -1.59. The summed E-state index contributed by atoms with van der Waals surface area (Å²) in [4.78, 5) is 26.4. The molecule has 25 heavy (non-hydrogen) atoms. The van der Waals surface area contributed by atoms with Crippen molar-refractivity contribution in [2.75, 3.05) is 36.5 Å². The van der Waals surface area contributed by atoms with Gasteiger partial charge in [-0.25, -0.2) is 0 Å². The first-order chi connectivity index (χ1) is 12.1. The van der Waals surface area contributed by atoms with Crippen molar-refractivity contribution in [3.8, 4) is 0 Å². The van der Waals surface area contributed by atoms with Crippen molar-refractivity contribution in [3.05, 3.63) is 52.2 Å². The number of aromatic carboxylic acids is 1. The Labute approximate surface area is 149 Å². The van der Waals surface area contributed by atoms with Gasteiger partial charge in [-0.15, -0.1) is 11.3 Å². The molecule has 1 saturated heterocycles. The Morgan fingerprint density at radius 1 is 1.24 bits per heavy atom. The van der Waals surface area contributed by atoms with E-state index in [0.717, 1.165) is 4.88 Å². The molecule has 1 aliphatic rings. The van der Waals surface area contributed by atoms with Gasteiger partial charge in [0.1, 0.15) is 0 Å². The zero-order chi connectivity index (χ0) is 17.6. The summed E-state index contributed by atoms with van der Waals surface area (Å²) in [6.07, 6.45) is 3.13. The highest BCUT2D eigenvalue weighted by Crippen LogP contribution is 2.25. The topological polar surface area (TPSA) is 81.7 Å². The van der Waals surface area contributed by atoms with E-state index in [1.165, 1.54) is 23.5 Å². The van der Waals surface area contributed by atoms with Gasteiger partial charge in [0, 0.05) is 41.0 Å². The molecular formula is C18H17N2O4S-. The van der Waals surface area contributed by atoms with Crippen molar-refractivity contribution in [3.63, 3.8) is 0 Å². The second-order valence-corrected chi connectivity index (χ2v) is 6.44. The van der Waals surface area contributed by atoms with Crippen LogP contribution in [0.15, 0.2) is 41.8 Å². The fourth-order valence-corrected chi connectivity index (χ4v) is 3.20. The quantitative estimate of drug-likeness (QED) is 0.822. The third-order valence-electron chi connectivity index (χ3n) is 3.78. The molecular weight excluding hydrogens is 340 g/mol. The number of hydrogen-bond donors (Lipinski definition) is 1. The third-order valence-corrected chi connectivity index (χ3v) is 4.62. The van der Waals surface area contributed by atoms with Crippen LogP contribution in [0.3, 0.4) is 0 Å². The molecule has 1 N–H and O–H groups in total. The smallest absolute Gasteiger partial charge is 0.248 e. The number of anilines is 2. The highest BCUT2D eigenvalue weighted by Gasteiger charge is 2.16. The van der Waals surface area contributed by atoms with Gasteiger partial charge in [-0.1, -0.05) is 6.07 Å². The first-order valence-corrected chi connectivity index (χ1v) is 8.72. The van der Waals surface area contributed by atoms with Gasteiger partial charge in [-0.2, -0.15) is 0 Å². The number of amides is 1. The van der Waals surface area contributed by atoms with Gasteiger partial charge in [-0.3, -0.25) is 4.79 Å². The first kappa shape index (κ1) is 17.2. The summed E-state index contributed by atoms with van der Waals surface area (Å²) in [5, 5.41) is 16.1. The Morgan fingerprint density at radius 2 is 2.04 bits per heavy atom. The van der Waals surface area contributed by atoms with Crippen LogP contribution in [0.25, 0.3) is 6.08 Å². The van der Waals surface area contributed by atoms with Gasteiger partial charge in [0.25, 0.3) is 0 Å². The minimum Gasteiger partial charge on any atom is -0.545 e. The summed E-state index contributed by atoms with van der Waals surface area (Å²) in [7, 11) is 0. The second kappa shape index (κ2) is 7.96. The molecule has 1 aliphatic heterocycles. The van der Waals surface area contributed by atoms with Crippen molar-refractivity contribution >= 4 is 40.7 Å². The number of carboxylic acids is 1. The van der Waals surface area contributed by atoms with Gasteiger partial charge < -0.3 is 24.9 Å². The van der Waals surface area contributed by atoms with Crippen molar-refractivity contribution in [2.45, 2.75) is 0 Å². The number of carbonyl (C=O) groups is 2. The lowest BCUT2D eigenvalue weighted by Crippen LogP contribution is -2.38. The van der Waals surface area contributed by atoms with Crippen molar-refractivity contribution in [1.82, 2.24) is 0 Å². The summed E-state index contributed by atoms with van der Waals surface area (Å²) in [6, 6.07) is 8.61. The number of nitrogens with one attached hydrogen (secondary N) is 1. The minimum atomic E-state index is -1.27. The van der Waals surface area contributed by atoms with E-state index in [-0.39, 0.29) is 11.5 Å². The lowest BCUT2D eigenvalue weighted by molar-refractivity contribution is -0.254. The minimum absolute atomic E-state index is 0.0573. The molecule has 0 saturated carbocycles. The van der Waals surface area contributed by atoms with Crippen LogP contribution in [0.5, 0.6) is 0 Å². The monoisotopic (exact) mass is 357 g/mol. The molecule has 2 aromatic rings. The first-order valence-electron chi connectivity index (χ1n) is 7.84. The Morgan fingerprint density at radius 3 is 2.72 bits per heavy atom. The molecule has 1 fully saturated rings. The summed E-state index contributed by atoms with van der Waals surface area (Å²) < 4.78 is 5.29. The van der Waals surface area contributed by atoms with E-state index in [1.54, 1.807) is 18.2 Å². The Hall–Kier alpha value is -2.64. The highest BCUT2D eigenvalue weighted by atomic mass is 32.1. The Bertz CT molecular complexity index is 780. The van der Waals surface area contributed by atoms with Crippen LogP contribution in [-0.2, 0) is 9.53 Å². The van der Waals surface area contributed by atoms with E-state index < -0.39 is 5.97 Å². The fourth-order valence-electron chi connectivity index (χ4n) is 2.59. The van der Waals surface area contributed by atoms with Gasteiger partial charge >= 0.3 is 0 Å². The van der Waals surface area contributed by atoms with Gasteiger partial charge in [0.05, 0.1) is 19.2 Å². The number of hydrogen-bond acceptors (Lipinski definition) is 6. The maximum atomic E-state index is 12.0. The SMILES string of the molecule is O=C(/C=C/c1cccs1)Nc1ccc(N2CCOCC2)c(C(=O)[O-])c1. The van der Waals surface area contributed by atoms with Crippen molar-refractivity contribution in [1.29, 1.82) is 0 Å². The molecule has 1 aromatic heterocycles. The van der Waals surface area contributed by atoms with Gasteiger partial charge in [0.15, 0.2) is 0 Å². The van der Waals surface area contributed by atoms with E-state index in [0.29, 0.717) is 37.7 Å². The molecule has 1 aromatic carbocycles. The number of rotatable bonds is 5. The van der Waals surface area contributed by atoms with Gasteiger partial charge in [0.2, 0.25) is 5.91 Å². The standard InChI is InChI=1S/C18H18N2O4S/c21-17(6-4-14-2-1-11-25-14)19-13-3-5-16(15(12-13)18(22)23)20-7-9-24-10-8-20/h1-6,11-12H,7-10H2,(H,19,21)(H,22,23)/p-1/b6-4+. The normalized spacial score (nSPS) is 14.6. The molecule has 0 spiro atoms. The zero-order valence-corrected chi connectivity index (χ0v) is 14.3. The lowest BCUT2D eigenvalue weighted by atomic mass is 10.1. The number of thiophene rings is 1. The van der Waals surface area contributed by atoms with Crippen molar-refractivity contribution in [2.24, 2.45) is 0 Å². The average Bonchev–Trinajstić information content (AvgIpc) is 3.14. The van der Waals surface area contributed by atoms with Crippen LogP contribution >= 0.6 is 11.3 Å². The molecule has 6 nitrogen and oxygen atoms in total. The van der Waals surface area contributed by atoms with Crippen LogP contribution in [0.4, 0.5) is 11.4 Å². The largest absolute Gasteiger partial charge is 0.545 e. The molecule has 2 heterocycles. The number of carboxylic acid groups (broad SMARTS) is 1. The molecule has 0 unspecified atom stereocenters. The molecule has 0 atom stereocenters. The third kappa shape index (κ3) is 4.46. The van der Waals surface area contributed by atoms with Crippen molar-refractivity contribution < 1.29 is 19.4 Å². The average molecular weight is 357 g/mol. The molecule has 1 amide bonds. The number of nitrogens with zero attached hydrogens (tertiary/aromatic N) is 1. The van der Waals surface area contributed by atoms with E-state index in [9.17, 15) is 14.7 Å². The lowest BCUT2D eigenvalue weighted by Gasteiger charge is -2.31. The van der Waals surface area contributed by atoms with E-state index >= 15 is 0 Å². The van der Waals surface area contributed by atoms with Crippen LogP contribution in [0.1, 0.15) is 15.2 Å². The number of morpholine rings is 1. The predicted molar refractivity (Wildman–Crippen MR) is 95.8 cm³/mol. The number of ether oxygens (including phenoxy) is 1. The number of carbonyl (C=O) groups excluding carboxylic acids is 2. The van der Waals surface area contributed by atoms with E-state index in [4.69, 9.17) is 4.74 Å². The van der Waals surface area contributed by atoms with E-state index in [1.807, 2.05) is 22.4 Å². The Kier molecular flexibility index (Phi) is 5.47. The summed E-state index contributed by atoms with van der Waals surface area (Å²) in [5.41, 5.74) is 1.05. The van der Waals surface area contributed by atoms with Crippen LogP contribution in [0, 0.1) is 0 Å². The fraction of sp³-hybridized carbons (Fsp3) is 0.222. The summed E-state index contributed by atoms with van der Waals surface area (Å²) >= 11 is 1.53. The van der Waals surface area contributed by atoms with Gasteiger partial charge in [-0.05, 0) is 35.7 Å². The van der Waals surface area contributed by atoms with Crippen LogP contribution < -0.4 is 15.3 Å². The molecule has 0 radical (unpaired) electrons. The van der Waals surface area contributed by atoms with Crippen LogP contribution in [0.2, 0.25) is 0 Å². The Balaban J connectivity index is 1.74. The maximum absolute atomic E-state index is 12.0. The molecule has 0 aliphatic carbocycles. The molecule has 7 heteroatoms. The maximum Gasteiger partial charge on any atom is 0.248 e. The predicted octanol–water partition coefficient (Wildman–Crippen LogP) is 1.60. The number of benzene rings is 1. The zero-order valence-electron chi connectivity index (χ0n) is 13.4. The molecule has 0 bridgehead atoms. The summed E-state index contributed by atoms with van der Waals surface area (Å²) in [6.45, 7) is 2.35.